The molecule has 0 bridgehead atoms. The molecular weight excluding hydrogens is 458 g/mol. The van der Waals surface area contributed by atoms with Crippen molar-refractivity contribution in [2.75, 3.05) is 6.61 Å². The van der Waals surface area contributed by atoms with Crippen LogP contribution >= 0.6 is 0 Å². The van der Waals surface area contributed by atoms with Gasteiger partial charge in [0.25, 0.3) is 5.91 Å². The number of hydrogen-bond acceptors (Lipinski definition) is 5. The molecule has 6 rings (SSSR count). The molecule has 0 saturated carbocycles. The number of nitrogens with zero attached hydrogens (tertiary/aromatic N) is 3. The fourth-order valence-corrected chi connectivity index (χ4v) is 4.99. The lowest BCUT2D eigenvalue weighted by Gasteiger charge is -2.29. The van der Waals surface area contributed by atoms with Gasteiger partial charge in [-0.25, -0.2) is 4.68 Å². The number of aromatic nitrogens is 2. The largest absolute Gasteiger partial charge is 0.493 e. The van der Waals surface area contributed by atoms with Crippen molar-refractivity contribution in [3.63, 3.8) is 0 Å². The number of piperidine rings is 1. The normalized spacial score (nSPS) is 19.1. The van der Waals surface area contributed by atoms with Crippen molar-refractivity contribution in [1.29, 1.82) is 0 Å². The lowest BCUT2D eigenvalue weighted by Crippen LogP contribution is -2.52. The highest BCUT2D eigenvalue weighted by molar-refractivity contribution is 6.05. The van der Waals surface area contributed by atoms with Gasteiger partial charge in [-0.2, -0.15) is 13.9 Å². The van der Waals surface area contributed by atoms with Gasteiger partial charge in [0.05, 0.1) is 6.61 Å². The van der Waals surface area contributed by atoms with Crippen LogP contribution in [0.2, 0.25) is 0 Å². The van der Waals surface area contributed by atoms with Crippen LogP contribution in [0.5, 0.6) is 5.75 Å². The molecule has 35 heavy (non-hydrogen) atoms. The first-order chi connectivity index (χ1) is 16.9. The Morgan fingerprint density at radius 3 is 2.60 bits per heavy atom. The van der Waals surface area contributed by atoms with Gasteiger partial charge in [0.1, 0.15) is 17.5 Å². The number of rotatable bonds is 4. The molecule has 1 saturated heterocycles. The molecule has 1 N–H and O–H groups in total. The third-order valence-corrected chi connectivity index (χ3v) is 6.73. The second-order valence-corrected chi connectivity index (χ2v) is 8.84. The monoisotopic (exact) mass is 478 g/mol. The van der Waals surface area contributed by atoms with E-state index >= 15 is 0 Å². The minimum atomic E-state index is -2.81. The van der Waals surface area contributed by atoms with Gasteiger partial charge in [0.15, 0.2) is 0 Å². The number of ether oxygens (including phenoxy) is 1. The summed E-state index contributed by atoms with van der Waals surface area (Å²) in [5.41, 5.74) is 4.40. The number of halogens is 2. The first-order valence-corrected chi connectivity index (χ1v) is 11.3. The minimum Gasteiger partial charge on any atom is -0.493 e. The number of carbonyl (C=O) groups is 3. The predicted molar refractivity (Wildman–Crippen MR) is 120 cm³/mol. The smallest absolute Gasteiger partial charge is 0.333 e. The highest BCUT2D eigenvalue weighted by atomic mass is 19.3. The van der Waals surface area contributed by atoms with Crippen molar-refractivity contribution >= 4 is 17.7 Å². The molecule has 1 aromatic heterocycles. The Hall–Kier alpha value is -4.08. The molecular formula is C25H20F2N4O4. The third kappa shape index (κ3) is 3.56. The maximum Gasteiger partial charge on any atom is 0.333 e. The predicted octanol–water partition coefficient (Wildman–Crippen LogP) is 3.31. The fraction of sp³-hybridized carbons (Fsp3) is 0.280. The highest BCUT2D eigenvalue weighted by Crippen LogP contribution is 2.38. The van der Waals surface area contributed by atoms with Gasteiger partial charge in [-0.1, -0.05) is 6.07 Å². The van der Waals surface area contributed by atoms with Crippen molar-refractivity contribution in [2.24, 2.45) is 0 Å². The van der Waals surface area contributed by atoms with E-state index < -0.39 is 18.5 Å². The Bertz CT molecular complexity index is 1400. The SMILES string of the molecule is O=C1CC[C@@H](N2Cc3cc(-c4cn(C(F)F)nc4-c4ccc5c(c4)CCO5)ccc3C2=O)C(=O)N1. The zero-order chi connectivity index (χ0) is 24.3. The van der Waals surface area contributed by atoms with Crippen LogP contribution in [0.3, 0.4) is 0 Å². The summed E-state index contributed by atoms with van der Waals surface area (Å²) in [5.74, 6) is -0.334. The molecule has 3 amide bonds. The average Bonchev–Trinajstić information content (AvgIpc) is 3.56. The van der Waals surface area contributed by atoms with Crippen LogP contribution in [0.4, 0.5) is 8.78 Å². The summed E-state index contributed by atoms with van der Waals surface area (Å²) in [5, 5.41) is 6.44. The fourth-order valence-electron chi connectivity index (χ4n) is 4.99. The summed E-state index contributed by atoms with van der Waals surface area (Å²) < 4.78 is 33.3. The van der Waals surface area contributed by atoms with E-state index in [0.29, 0.717) is 44.8 Å². The molecule has 1 fully saturated rings. The van der Waals surface area contributed by atoms with E-state index in [-0.39, 0.29) is 31.2 Å². The number of amides is 3. The molecule has 3 aliphatic heterocycles. The third-order valence-electron chi connectivity index (χ3n) is 6.73. The molecule has 0 aliphatic carbocycles. The Labute approximate surface area is 198 Å². The van der Waals surface area contributed by atoms with Crippen molar-refractivity contribution < 1.29 is 27.9 Å². The van der Waals surface area contributed by atoms with Gasteiger partial charge in [-0.3, -0.25) is 19.7 Å². The Balaban J connectivity index is 1.37. The quantitative estimate of drug-likeness (QED) is 0.581. The molecule has 0 unspecified atom stereocenters. The van der Waals surface area contributed by atoms with Crippen LogP contribution < -0.4 is 10.1 Å². The van der Waals surface area contributed by atoms with E-state index in [4.69, 9.17) is 4.74 Å². The number of carbonyl (C=O) groups excluding carboxylic acids is 3. The summed E-state index contributed by atoms with van der Waals surface area (Å²) in [4.78, 5) is 38.3. The summed E-state index contributed by atoms with van der Waals surface area (Å²) >= 11 is 0. The number of fused-ring (bicyclic) bond motifs is 2. The molecule has 3 aliphatic rings. The molecule has 0 spiro atoms. The topological polar surface area (TPSA) is 93.5 Å². The maximum atomic E-state index is 13.6. The number of imide groups is 1. The second kappa shape index (κ2) is 8.00. The molecule has 10 heteroatoms. The van der Waals surface area contributed by atoms with E-state index in [1.165, 1.54) is 11.1 Å². The van der Waals surface area contributed by atoms with Crippen LogP contribution in [-0.2, 0) is 22.6 Å². The molecule has 2 aromatic carbocycles. The first kappa shape index (κ1) is 21.5. The number of alkyl halides is 2. The summed E-state index contributed by atoms with van der Waals surface area (Å²) in [6.45, 7) is -2.03. The first-order valence-electron chi connectivity index (χ1n) is 11.3. The van der Waals surface area contributed by atoms with E-state index in [2.05, 4.69) is 10.4 Å². The maximum absolute atomic E-state index is 13.6. The van der Waals surface area contributed by atoms with Crippen molar-refractivity contribution in [3.8, 4) is 28.1 Å². The average molecular weight is 478 g/mol. The molecule has 8 nitrogen and oxygen atoms in total. The Morgan fingerprint density at radius 2 is 1.80 bits per heavy atom. The van der Waals surface area contributed by atoms with Crippen LogP contribution in [0.1, 0.15) is 40.9 Å². The molecule has 178 valence electrons. The van der Waals surface area contributed by atoms with Crippen LogP contribution in [0, 0.1) is 0 Å². The lowest BCUT2D eigenvalue weighted by atomic mass is 9.97. The van der Waals surface area contributed by atoms with Gasteiger partial charge < -0.3 is 9.64 Å². The molecule has 4 heterocycles. The van der Waals surface area contributed by atoms with Crippen molar-refractivity contribution in [2.45, 2.75) is 38.4 Å². The highest BCUT2D eigenvalue weighted by Gasteiger charge is 2.39. The van der Waals surface area contributed by atoms with E-state index in [1.54, 1.807) is 24.3 Å². The Kier molecular flexibility index (Phi) is 4.91. The van der Waals surface area contributed by atoms with Gasteiger partial charge >= 0.3 is 6.55 Å². The number of benzene rings is 2. The van der Waals surface area contributed by atoms with E-state index in [0.717, 1.165) is 17.7 Å². The van der Waals surface area contributed by atoms with Gasteiger partial charge in [-0.15, -0.1) is 0 Å². The van der Waals surface area contributed by atoms with Crippen LogP contribution in [-0.4, -0.2) is 45.1 Å². The second-order valence-electron chi connectivity index (χ2n) is 8.84. The standard InChI is InChI=1S/C25H20F2N4O4/c26-25(27)31-12-18(22(29-31)15-2-5-20-14(10-15)7-8-35-20)13-1-3-17-16(9-13)11-30(24(17)34)19-4-6-21(32)28-23(19)33/h1-3,5,9-10,12,19,25H,4,6-8,11H2,(H,28,32,33)/t19-/m1/s1. The number of hydrogen-bond donors (Lipinski definition) is 1. The van der Waals surface area contributed by atoms with Crippen molar-refractivity contribution in [1.82, 2.24) is 20.0 Å². The lowest BCUT2D eigenvalue weighted by molar-refractivity contribution is -0.136. The Morgan fingerprint density at radius 1 is 1.00 bits per heavy atom. The molecule has 1 atom stereocenters. The van der Waals surface area contributed by atoms with Crippen molar-refractivity contribution in [3.05, 3.63) is 59.3 Å². The van der Waals surface area contributed by atoms with Gasteiger partial charge in [0, 0.05) is 42.3 Å². The van der Waals surface area contributed by atoms with Gasteiger partial charge in [0.2, 0.25) is 11.8 Å². The van der Waals surface area contributed by atoms with Gasteiger partial charge in [-0.05, 0) is 53.4 Å². The minimum absolute atomic E-state index is 0.170. The van der Waals surface area contributed by atoms with Crippen LogP contribution in [0.25, 0.3) is 22.4 Å². The zero-order valence-corrected chi connectivity index (χ0v) is 18.5. The molecule has 0 radical (unpaired) electrons. The summed E-state index contributed by atoms with van der Waals surface area (Å²) in [7, 11) is 0. The summed E-state index contributed by atoms with van der Waals surface area (Å²) in [6, 6.07) is 9.95. The number of nitrogens with one attached hydrogen (secondary N) is 1. The summed E-state index contributed by atoms with van der Waals surface area (Å²) in [6.07, 6.45) is 2.49. The van der Waals surface area contributed by atoms with E-state index in [9.17, 15) is 23.2 Å². The molecule has 3 aromatic rings. The van der Waals surface area contributed by atoms with E-state index in [1.807, 2.05) is 12.1 Å². The zero-order valence-electron chi connectivity index (χ0n) is 18.5. The van der Waals surface area contributed by atoms with Crippen LogP contribution in [0.15, 0.2) is 42.6 Å².